The molecule has 4 heteroatoms. The van der Waals surface area contributed by atoms with Crippen molar-refractivity contribution in [3.8, 4) is 0 Å². The van der Waals surface area contributed by atoms with E-state index in [1.807, 2.05) is 43.3 Å². The van der Waals surface area contributed by atoms with Gasteiger partial charge in [-0.15, -0.1) is 0 Å². The number of hydrogen-bond donors (Lipinski definition) is 1. The van der Waals surface area contributed by atoms with Gasteiger partial charge in [-0.05, 0) is 23.6 Å². The van der Waals surface area contributed by atoms with Crippen molar-refractivity contribution in [2.45, 2.75) is 19.9 Å². The van der Waals surface area contributed by atoms with E-state index < -0.39 is 6.09 Å². The van der Waals surface area contributed by atoms with Crippen molar-refractivity contribution in [3.05, 3.63) is 59.8 Å². The minimum Gasteiger partial charge on any atom is -0.465 e. The molecule has 1 heterocycles. The van der Waals surface area contributed by atoms with Crippen molar-refractivity contribution in [3.63, 3.8) is 0 Å². The number of carboxylic acid groups (broad SMARTS) is 1. The fourth-order valence-electron chi connectivity index (χ4n) is 1.80. The monoisotopic (exact) mass is 256 g/mol. The summed E-state index contributed by atoms with van der Waals surface area (Å²) in [6, 6.07) is 13.1. The largest absolute Gasteiger partial charge is 0.465 e. The molecule has 4 nitrogen and oxygen atoms in total. The third-order valence-electron chi connectivity index (χ3n) is 2.91. The van der Waals surface area contributed by atoms with Crippen molar-refractivity contribution in [2.75, 3.05) is 4.90 Å². The second-order valence-corrected chi connectivity index (χ2v) is 4.23. The Kier molecular flexibility index (Phi) is 4.13. The number of aryl methyl sites for hydroxylation is 1. The van der Waals surface area contributed by atoms with Crippen LogP contribution in [0, 0.1) is 0 Å². The van der Waals surface area contributed by atoms with Crippen LogP contribution in [0.4, 0.5) is 10.6 Å². The first-order valence-corrected chi connectivity index (χ1v) is 6.20. The van der Waals surface area contributed by atoms with Gasteiger partial charge in [-0.3, -0.25) is 4.90 Å². The molecule has 0 bridgehead atoms. The molecule has 0 atom stereocenters. The summed E-state index contributed by atoms with van der Waals surface area (Å²) in [5, 5.41) is 9.30. The van der Waals surface area contributed by atoms with Crippen molar-refractivity contribution < 1.29 is 9.90 Å². The van der Waals surface area contributed by atoms with Crippen LogP contribution in [-0.4, -0.2) is 16.2 Å². The summed E-state index contributed by atoms with van der Waals surface area (Å²) >= 11 is 0. The molecule has 0 radical (unpaired) electrons. The van der Waals surface area contributed by atoms with E-state index >= 15 is 0 Å². The van der Waals surface area contributed by atoms with Gasteiger partial charge in [-0.25, -0.2) is 9.78 Å². The zero-order valence-electron chi connectivity index (χ0n) is 10.8. The summed E-state index contributed by atoms with van der Waals surface area (Å²) in [4.78, 5) is 16.8. The number of hydrogen-bond acceptors (Lipinski definition) is 2. The van der Waals surface area contributed by atoms with Crippen LogP contribution in [0.5, 0.6) is 0 Å². The molecule has 1 aromatic heterocycles. The Morgan fingerprint density at radius 2 is 1.89 bits per heavy atom. The molecule has 0 spiro atoms. The van der Waals surface area contributed by atoms with Crippen LogP contribution in [0.3, 0.4) is 0 Å². The number of benzene rings is 1. The van der Waals surface area contributed by atoms with E-state index in [1.165, 1.54) is 4.90 Å². The Morgan fingerprint density at radius 3 is 2.42 bits per heavy atom. The van der Waals surface area contributed by atoms with E-state index in [0.717, 1.165) is 17.5 Å². The van der Waals surface area contributed by atoms with Crippen LogP contribution in [0.2, 0.25) is 0 Å². The van der Waals surface area contributed by atoms with Crippen LogP contribution in [0.1, 0.15) is 18.1 Å². The van der Waals surface area contributed by atoms with Crippen molar-refractivity contribution in [2.24, 2.45) is 0 Å². The highest BCUT2D eigenvalue weighted by atomic mass is 16.4. The van der Waals surface area contributed by atoms with E-state index in [4.69, 9.17) is 0 Å². The van der Waals surface area contributed by atoms with Crippen molar-refractivity contribution in [1.82, 2.24) is 4.98 Å². The predicted molar refractivity (Wildman–Crippen MR) is 74.3 cm³/mol. The Labute approximate surface area is 112 Å². The second kappa shape index (κ2) is 6.00. The Balaban J connectivity index is 2.22. The van der Waals surface area contributed by atoms with Crippen LogP contribution in [0.15, 0.2) is 48.7 Å². The lowest BCUT2D eigenvalue weighted by Crippen LogP contribution is -2.29. The lowest BCUT2D eigenvalue weighted by atomic mass is 10.2. The minimum atomic E-state index is -0.999. The van der Waals surface area contributed by atoms with E-state index in [-0.39, 0.29) is 0 Å². The number of carbonyl (C=O) groups is 1. The molecule has 0 aliphatic heterocycles. The SMILES string of the molecule is CCc1ccc(N(Cc2ccccc2)C(=O)O)nc1. The summed E-state index contributed by atoms with van der Waals surface area (Å²) in [5.41, 5.74) is 2.03. The first-order valence-electron chi connectivity index (χ1n) is 6.20. The molecule has 2 aromatic rings. The number of aromatic nitrogens is 1. The van der Waals surface area contributed by atoms with Crippen LogP contribution in [0.25, 0.3) is 0 Å². The van der Waals surface area contributed by atoms with Crippen LogP contribution >= 0.6 is 0 Å². The maximum atomic E-state index is 11.3. The Bertz CT molecular complexity index is 538. The van der Waals surface area contributed by atoms with Gasteiger partial charge < -0.3 is 5.11 Å². The van der Waals surface area contributed by atoms with E-state index in [2.05, 4.69) is 4.98 Å². The van der Waals surface area contributed by atoms with Gasteiger partial charge in [0.1, 0.15) is 5.82 Å². The summed E-state index contributed by atoms with van der Waals surface area (Å²) in [7, 11) is 0. The van der Waals surface area contributed by atoms with E-state index in [9.17, 15) is 9.90 Å². The molecule has 19 heavy (non-hydrogen) atoms. The zero-order chi connectivity index (χ0) is 13.7. The van der Waals surface area contributed by atoms with E-state index in [0.29, 0.717) is 12.4 Å². The maximum Gasteiger partial charge on any atom is 0.413 e. The van der Waals surface area contributed by atoms with Crippen LogP contribution in [-0.2, 0) is 13.0 Å². The molecule has 0 saturated heterocycles. The lowest BCUT2D eigenvalue weighted by molar-refractivity contribution is 0.201. The molecular weight excluding hydrogens is 240 g/mol. The van der Waals surface area contributed by atoms with E-state index in [1.54, 1.807) is 12.3 Å². The molecule has 1 N–H and O–H groups in total. The standard InChI is InChI=1S/C15H16N2O2/c1-2-12-8-9-14(16-10-12)17(15(18)19)11-13-6-4-3-5-7-13/h3-10H,2,11H2,1H3,(H,18,19). The van der Waals surface area contributed by atoms with Gasteiger partial charge in [-0.2, -0.15) is 0 Å². The summed E-state index contributed by atoms with van der Waals surface area (Å²) in [6.07, 6.45) is 1.61. The first kappa shape index (κ1) is 13.1. The maximum absolute atomic E-state index is 11.3. The average Bonchev–Trinajstić information content (AvgIpc) is 2.46. The first-order chi connectivity index (χ1) is 9.20. The van der Waals surface area contributed by atoms with Gasteiger partial charge >= 0.3 is 6.09 Å². The number of amides is 1. The summed E-state index contributed by atoms with van der Waals surface area (Å²) < 4.78 is 0. The van der Waals surface area contributed by atoms with Gasteiger partial charge in [0.2, 0.25) is 0 Å². The molecule has 1 aromatic carbocycles. The summed E-state index contributed by atoms with van der Waals surface area (Å²) in [6.45, 7) is 2.34. The highest BCUT2D eigenvalue weighted by Crippen LogP contribution is 2.15. The molecule has 2 rings (SSSR count). The minimum absolute atomic E-state index is 0.300. The number of anilines is 1. The molecule has 0 unspecified atom stereocenters. The van der Waals surface area contributed by atoms with Gasteiger partial charge in [0, 0.05) is 6.20 Å². The fraction of sp³-hybridized carbons (Fsp3) is 0.200. The number of rotatable bonds is 4. The third kappa shape index (κ3) is 3.31. The quantitative estimate of drug-likeness (QED) is 0.912. The molecule has 0 saturated carbocycles. The Morgan fingerprint density at radius 1 is 1.16 bits per heavy atom. The predicted octanol–water partition coefficient (Wildman–Crippen LogP) is 3.33. The summed E-state index contributed by atoms with van der Waals surface area (Å²) in [5.74, 6) is 0.452. The molecule has 0 aliphatic rings. The van der Waals surface area contributed by atoms with Gasteiger partial charge in [0.25, 0.3) is 0 Å². The average molecular weight is 256 g/mol. The van der Waals surface area contributed by atoms with Crippen molar-refractivity contribution >= 4 is 11.9 Å². The highest BCUT2D eigenvalue weighted by Gasteiger charge is 2.15. The number of nitrogens with zero attached hydrogens (tertiary/aromatic N) is 2. The topological polar surface area (TPSA) is 53.4 Å². The smallest absolute Gasteiger partial charge is 0.413 e. The van der Waals surface area contributed by atoms with Crippen LogP contribution < -0.4 is 4.90 Å². The van der Waals surface area contributed by atoms with Gasteiger partial charge in [0.15, 0.2) is 0 Å². The van der Waals surface area contributed by atoms with Gasteiger partial charge in [0.05, 0.1) is 6.54 Å². The molecular formula is C15H16N2O2. The highest BCUT2D eigenvalue weighted by molar-refractivity contribution is 5.84. The van der Waals surface area contributed by atoms with Gasteiger partial charge in [-0.1, -0.05) is 43.3 Å². The number of pyridine rings is 1. The Hall–Kier alpha value is -2.36. The normalized spacial score (nSPS) is 10.2. The third-order valence-corrected chi connectivity index (χ3v) is 2.91. The second-order valence-electron chi connectivity index (χ2n) is 4.23. The molecule has 0 aliphatic carbocycles. The fourth-order valence-corrected chi connectivity index (χ4v) is 1.80. The molecule has 98 valence electrons. The zero-order valence-corrected chi connectivity index (χ0v) is 10.8. The molecule has 0 fully saturated rings. The molecule has 1 amide bonds. The van der Waals surface area contributed by atoms with Crippen molar-refractivity contribution in [1.29, 1.82) is 0 Å². The lowest BCUT2D eigenvalue weighted by Gasteiger charge is -2.18.